The van der Waals surface area contributed by atoms with Crippen LogP contribution in [0.2, 0.25) is 5.02 Å². The van der Waals surface area contributed by atoms with Gasteiger partial charge in [-0.05, 0) is 41.5 Å². The summed E-state index contributed by atoms with van der Waals surface area (Å²) in [6.45, 7) is 0.453. The molecule has 7 nitrogen and oxygen atoms in total. The normalized spacial score (nSPS) is 11.1. The fourth-order valence-electron chi connectivity index (χ4n) is 2.48. The van der Waals surface area contributed by atoms with Gasteiger partial charge in [0.15, 0.2) is 0 Å². The van der Waals surface area contributed by atoms with Crippen LogP contribution in [0.4, 0.5) is 9.57 Å². The van der Waals surface area contributed by atoms with Gasteiger partial charge in [0.05, 0.1) is 14.8 Å². The van der Waals surface area contributed by atoms with Crippen LogP contribution in [-0.2, 0) is 23.4 Å². The van der Waals surface area contributed by atoms with Crippen molar-refractivity contribution in [2.45, 2.75) is 18.1 Å². The third-order valence-corrected chi connectivity index (χ3v) is 5.18. The van der Waals surface area contributed by atoms with Gasteiger partial charge < -0.3 is 9.47 Å². The standard InChI is InChI=1S/C20H15ClFNO6S/c21-19-11-16(23(24)25)5-10-20(19)29-13-15-3-1-14(2-4-15)12-28-17-6-8-18(9-7-17)30(22,26)27/h1-11H,12-13H2. The highest BCUT2D eigenvalue weighted by atomic mass is 35.5. The van der Waals surface area contributed by atoms with Crippen LogP contribution < -0.4 is 9.47 Å². The molecule has 0 aliphatic rings. The molecule has 0 N–H and O–H groups in total. The fourth-order valence-corrected chi connectivity index (χ4v) is 3.17. The van der Waals surface area contributed by atoms with Gasteiger partial charge in [-0.1, -0.05) is 35.9 Å². The predicted molar refractivity (Wildman–Crippen MR) is 108 cm³/mol. The maximum absolute atomic E-state index is 12.9. The largest absolute Gasteiger partial charge is 0.489 e. The molecule has 0 spiro atoms. The van der Waals surface area contributed by atoms with Crippen LogP contribution in [0.3, 0.4) is 0 Å². The van der Waals surface area contributed by atoms with Gasteiger partial charge in [-0.25, -0.2) is 0 Å². The van der Waals surface area contributed by atoms with Gasteiger partial charge in [-0.3, -0.25) is 10.1 Å². The zero-order valence-corrected chi connectivity index (χ0v) is 16.9. The van der Waals surface area contributed by atoms with E-state index in [1.165, 1.54) is 30.3 Å². The van der Waals surface area contributed by atoms with E-state index in [0.717, 1.165) is 23.3 Å². The van der Waals surface area contributed by atoms with Crippen LogP contribution in [0.15, 0.2) is 71.6 Å². The van der Waals surface area contributed by atoms with Gasteiger partial charge in [0.25, 0.3) is 5.69 Å². The monoisotopic (exact) mass is 451 g/mol. The Kier molecular flexibility index (Phi) is 6.53. The molecule has 3 rings (SSSR count). The molecule has 0 saturated carbocycles. The van der Waals surface area contributed by atoms with E-state index < -0.39 is 20.0 Å². The van der Waals surface area contributed by atoms with E-state index in [-0.39, 0.29) is 23.9 Å². The van der Waals surface area contributed by atoms with Crippen LogP contribution in [0.1, 0.15) is 11.1 Å². The van der Waals surface area contributed by atoms with Gasteiger partial charge in [0.2, 0.25) is 0 Å². The van der Waals surface area contributed by atoms with E-state index in [9.17, 15) is 22.4 Å². The van der Waals surface area contributed by atoms with Crippen LogP contribution in [0, 0.1) is 10.1 Å². The first-order chi connectivity index (χ1) is 14.2. The van der Waals surface area contributed by atoms with Crippen molar-refractivity contribution in [2.75, 3.05) is 0 Å². The quantitative estimate of drug-likeness (QED) is 0.269. The molecule has 0 aliphatic carbocycles. The fraction of sp³-hybridized carbons (Fsp3) is 0.100. The Bertz CT molecular complexity index is 1150. The van der Waals surface area contributed by atoms with Crippen molar-refractivity contribution in [1.29, 1.82) is 0 Å². The van der Waals surface area contributed by atoms with Crippen molar-refractivity contribution in [3.05, 3.63) is 93.0 Å². The summed E-state index contributed by atoms with van der Waals surface area (Å²) in [5.41, 5.74) is 1.60. The van der Waals surface area contributed by atoms with Gasteiger partial charge in [0.1, 0.15) is 24.7 Å². The van der Waals surface area contributed by atoms with Crippen molar-refractivity contribution >= 4 is 27.5 Å². The number of rotatable bonds is 8. The summed E-state index contributed by atoms with van der Waals surface area (Å²) in [6.07, 6.45) is 0. The first kappa shape index (κ1) is 21.5. The molecule has 0 atom stereocenters. The Morgan fingerprint density at radius 1 is 0.900 bits per heavy atom. The molecule has 3 aromatic carbocycles. The van der Waals surface area contributed by atoms with Crippen LogP contribution >= 0.6 is 11.6 Å². The Morgan fingerprint density at radius 3 is 1.97 bits per heavy atom. The Labute approximate surface area is 177 Å². The minimum Gasteiger partial charge on any atom is -0.489 e. The van der Waals surface area contributed by atoms with Gasteiger partial charge in [-0.15, -0.1) is 3.89 Å². The summed E-state index contributed by atoms with van der Waals surface area (Å²) in [4.78, 5) is 9.77. The zero-order valence-electron chi connectivity index (χ0n) is 15.3. The smallest absolute Gasteiger partial charge is 0.332 e. The first-order valence-electron chi connectivity index (χ1n) is 8.54. The molecule has 0 amide bonds. The van der Waals surface area contributed by atoms with Crippen LogP contribution in [0.25, 0.3) is 0 Å². The third-order valence-electron chi connectivity index (χ3n) is 4.05. The lowest BCUT2D eigenvalue weighted by atomic mass is 10.1. The van der Waals surface area contributed by atoms with E-state index >= 15 is 0 Å². The number of non-ortho nitro benzene ring substituents is 1. The number of ether oxygens (including phenoxy) is 2. The maximum Gasteiger partial charge on any atom is 0.332 e. The molecule has 0 bridgehead atoms. The van der Waals surface area contributed by atoms with Gasteiger partial charge in [0, 0.05) is 12.1 Å². The highest BCUT2D eigenvalue weighted by Gasteiger charge is 2.12. The van der Waals surface area contributed by atoms with E-state index in [1.807, 2.05) is 24.3 Å². The molecule has 156 valence electrons. The topological polar surface area (TPSA) is 95.7 Å². The zero-order chi connectivity index (χ0) is 21.7. The molecular weight excluding hydrogens is 437 g/mol. The number of hydrogen-bond donors (Lipinski definition) is 0. The lowest BCUT2D eigenvalue weighted by Crippen LogP contribution is -1.99. The van der Waals surface area contributed by atoms with Crippen LogP contribution in [-0.4, -0.2) is 13.3 Å². The Balaban J connectivity index is 1.54. The van der Waals surface area contributed by atoms with Gasteiger partial charge >= 0.3 is 10.2 Å². The second-order valence-corrected chi connectivity index (χ2v) is 7.93. The number of benzene rings is 3. The molecule has 10 heteroatoms. The third kappa shape index (κ3) is 5.68. The average molecular weight is 452 g/mol. The maximum atomic E-state index is 12.9. The van der Waals surface area contributed by atoms with E-state index in [0.29, 0.717) is 11.5 Å². The molecule has 0 heterocycles. The summed E-state index contributed by atoms with van der Waals surface area (Å²) in [6, 6.07) is 16.3. The van der Waals surface area contributed by atoms with Gasteiger partial charge in [-0.2, -0.15) is 8.42 Å². The van der Waals surface area contributed by atoms with Crippen molar-refractivity contribution < 1.29 is 26.7 Å². The van der Waals surface area contributed by atoms with Crippen molar-refractivity contribution in [2.24, 2.45) is 0 Å². The Hall–Kier alpha value is -3.17. The summed E-state index contributed by atoms with van der Waals surface area (Å²) >= 11 is 6.00. The molecule has 0 radical (unpaired) electrons. The molecule has 0 aliphatic heterocycles. The minimum absolute atomic E-state index is 0.113. The van der Waals surface area contributed by atoms with E-state index in [2.05, 4.69) is 0 Å². The molecule has 3 aromatic rings. The SMILES string of the molecule is O=[N+]([O-])c1ccc(OCc2ccc(COc3ccc(S(=O)(=O)F)cc3)cc2)c(Cl)c1. The second-order valence-electron chi connectivity index (χ2n) is 6.17. The number of hydrogen-bond acceptors (Lipinski definition) is 6. The molecule has 0 aromatic heterocycles. The number of nitro benzene ring substituents is 1. The molecule has 0 unspecified atom stereocenters. The average Bonchev–Trinajstić information content (AvgIpc) is 2.71. The molecular formula is C20H15ClFNO6S. The second kappa shape index (κ2) is 9.10. The molecule has 0 saturated heterocycles. The number of nitrogens with zero attached hydrogens (tertiary/aromatic N) is 1. The number of halogens is 2. The lowest BCUT2D eigenvalue weighted by Gasteiger charge is -2.10. The minimum atomic E-state index is -4.73. The summed E-state index contributed by atoms with van der Waals surface area (Å²) < 4.78 is 45.6. The van der Waals surface area contributed by atoms with Crippen molar-refractivity contribution in [3.8, 4) is 11.5 Å². The van der Waals surface area contributed by atoms with Crippen molar-refractivity contribution in [3.63, 3.8) is 0 Å². The first-order valence-corrected chi connectivity index (χ1v) is 10.3. The summed E-state index contributed by atoms with van der Waals surface area (Å²) in [5, 5.41) is 10.9. The highest BCUT2D eigenvalue weighted by Crippen LogP contribution is 2.29. The lowest BCUT2D eigenvalue weighted by molar-refractivity contribution is -0.384. The van der Waals surface area contributed by atoms with Crippen molar-refractivity contribution in [1.82, 2.24) is 0 Å². The van der Waals surface area contributed by atoms with E-state index in [4.69, 9.17) is 21.1 Å². The Morgan fingerprint density at radius 2 is 1.47 bits per heavy atom. The molecule has 30 heavy (non-hydrogen) atoms. The molecule has 0 fully saturated rings. The highest BCUT2D eigenvalue weighted by molar-refractivity contribution is 7.86. The predicted octanol–water partition coefficient (Wildman–Crippen LogP) is 5.06. The number of nitro groups is 1. The van der Waals surface area contributed by atoms with E-state index in [1.54, 1.807) is 0 Å². The summed E-state index contributed by atoms with van der Waals surface area (Å²) in [5.74, 6) is 0.746. The summed E-state index contributed by atoms with van der Waals surface area (Å²) in [7, 11) is -4.73. The van der Waals surface area contributed by atoms with Crippen LogP contribution in [0.5, 0.6) is 11.5 Å².